The number of hydrogen-bond donors (Lipinski definition) is 2. The number of aliphatic carboxylic acids is 2. The summed E-state index contributed by atoms with van der Waals surface area (Å²) in [6, 6.07) is 0. The van der Waals surface area contributed by atoms with E-state index in [1.54, 1.807) is 26.8 Å². The van der Waals surface area contributed by atoms with Crippen LogP contribution in [0.25, 0.3) is 0 Å². The van der Waals surface area contributed by atoms with Gasteiger partial charge in [0.15, 0.2) is 5.92 Å². The summed E-state index contributed by atoms with van der Waals surface area (Å²) in [7, 11) is 0. The molecule has 0 saturated carbocycles. The van der Waals surface area contributed by atoms with E-state index in [9.17, 15) is 34.2 Å². The smallest absolute Gasteiger partial charge is 0.349 e. The summed E-state index contributed by atoms with van der Waals surface area (Å²) >= 11 is 0. The van der Waals surface area contributed by atoms with Crippen molar-refractivity contribution < 1.29 is 48.4 Å². The molecule has 2 N–H and O–H groups in total. The van der Waals surface area contributed by atoms with E-state index in [-0.39, 0.29) is 17.9 Å². The lowest BCUT2D eigenvalue weighted by Gasteiger charge is -2.23. The van der Waals surface area contributed by atoms with Crippen molar-refractivity contribution in [3.8, 4) is 0 Å². The van der Waals surface area contributed by atoms with E-state index in [1.807, 2.05) is 6.92 Å². The molecule has 0 radical (unpaired) electrons. The van der Waals surface area contributed by atoms with Crippen LogP contribution in [0.2, 0.25) is 0 Å². The molecule has 0 aromatic heterocycles. The number of allylic oxidation sites excluding steroid dienone is 3. The van der Waals surface area contributed by atoms with E-state index < -0.39 is 59.5 Å². The van der Waals surface area contributed by atoms with Crippen LogP contribution in [-0.2, 0) is 38.2 Å². The average Bonchev–Trinajstić information content (AvgIpc) is 3.18. The molecule has 1 aliphatic rings. The standard InChI is InChI=1S/C33H52O10/c1-11-18(2)12-19(3)13-20(4)14-21(5)15-22(6)16-24(31(39)43-33(8,9)10)17-23(7)30(38)42-27-25(28(34)35)26(29(36)37)41-32(27)40/h15-16,18-21,23,25-27H,11-14,17H2,1-10H3,(H,34,35)(H,36,37)/b22-15+,24-16+. The Balaban J connectivity index is 3.07. The molecule has 244 valence electrons. The molecule has 1 saturated heterocycles. The highest BCUT2D eigenvalue weighted by Gasteiger charge is 2.55. The fourth-order valence-corrected chi connectivity index (χ4v) is 5.56. The molecule has 43 heavy (non-hydrogen) atoms. The van der Waals surface area contributed by atoms with Gasteiger partial charge in [-0.05, 0) is 83.1 Å². The predicted octanol–water partition coefficient (Wildman–Crippen LogP) is 5.97. The Bertz CT molecular complexity index is 1070. The quantitative estimate of drug-likeness (QED) is 0.0926. The molecule has 0 bridgehead atoms. The maximum atomic E-state index is 13.1. The summed E-state index contributed by atoms with van der Waals surface area (Å²) in [6.07, 6.45) is 4.28. The molecule has 0 aliphatic carbocycles. The van der Waals surface area contributed by atoms with Crippen molar-refractivity contribution in [1.29, 1.82) is 0 Å². The SMILES string of the molecule is CCC(C)CC(C)CC(C)CC(C)/C=C(C)/C=C(\CC(C)C(=O)OC1C(=O)OC(C(=O)O)C1C(=O)O)C(=O)OC(C)(C)C. The van der Waals surface area contributed by atoms with E-state index in [0.717, 1.165) is 18.4 Å². The van der Waals surface area contributed by atoms with Crippen LogP contribution in [0.15, 0.2) is 23.3 Å². The van der Waals surface area contributed by atoms with E-state index in [0.29, 0.717) is 17.8 Å². The third-order valence-electron chi connectivity index (χ3n) is 7.52. The second-order valence-electron chi connectivity index (χ2n) is 13.5. The van der Waals surface area contributed by atoms with Gasteiger partial charge in [0.2, 0.25) is 12.2 Å². The van der Waals surface area contributed by atoms with Gasteiger partial charge in [0.1, 0.15) is 5.60 Å². The molecule has 0 amide bonds. The molecule has 10 heteroatoms. The van der Waals surface area contributed by atoms with Gasteiger partial charge in [-0.25, -0.2) is 14.4 Å². The van der Waals surface area contributed by atoms with Crippen molar-refractivity contribution in [2.45, 2.75) is 119 Å². The van der Waals surface area contributed by atoms with E-state index in [1.165, 1.54) is 19.8 Å². The van der Waals surface area contributed by atoms with Crippen LogP contribution < -0.4 is 0 Å². The van der Waals surface area contributed by atoms with Gasteiger partial charge in [-0.3, -0.25) is 9.59 Å². The zero-order valence-electron chi connectivity index (χ0n) is 27.5. The number of carbonyl (C=O) groups excluding carboxylic acids is 3. The zero-order chi connectivity index (χ0) is 33.2. The number of cyclic esters (lactones) is 1. The number of rotatable bonds is 16. The van der Waals surface area contributed by atoms with Crippen LogP contribution in [0.4, 0.5) is 0 Å². The normalized spacial score (nSPS) is 23.0. The largest absolute Gasteiger partial charge is 0.481 e. The van der Waals surface area contributed by atoms with Crippen LogP contribution in [-0.4, -0.2) is 57.9 Å². The number of esters is 3. The topological polar surface area (TPSA) is 154 Å². The third kappa shape index (κ3) is 12.9. The van der Waals surface area contributed by atoms with Crippen LogP contribution in [0, 0.1) is 35.5 Å². The monoisotopic (exact) mass is 608 g/mol. The molecular weight excluding hydrogens is 556 g/mol. The molecule has 0 aromatic rings. The second kappa shape index (κ2) is 16.6. The molecule has 1 heterocycles. The summed E-state index contributed by atoms with van der Waals surface area (Å²) in [4.78, 5) is 61.2. The van der Waals surface area contributed by atoms with Crippen LogP contribution in [0.5, 0.6) is 0 Å². The van der Waals surface area contributed by atoms with Crippen molar-refractivity contribution in [2.75, 3.05) is 0 Å². The van der Waals surface area contributed by atoms with Gasteiger partial charge in [-0.1, -0.05) is 59.6 Å². The number of carboxylic acids is 2. The maximum absolute atomic E-state index is 13.1. The van der Waals surface area contributed by atoms with E-state index in [2.05, 4.69) is 45.4 Å². The molecule has 10 nitrogen and oxygen atoms in total. The highest BCUT2D eigenvalue weighted by atomic mass is 16.6. The molecular formula is C33H52O10. The van der Waals surface area contributed by atoms with Gasteiger partial charge in [0.05, 0.1) is 5.92 Å². The first-order valence-corrected chi connectivity index (χ1v) is 15.2. The number of carbonyl (C=O) groups is 5. The van der Waals surface area contributed by atoms with Crippen LogP contribution >= 0.6 is 0 Å². The summed E-state index contributed by atoms with van der Waals surface area (Å²) in [5, 5.41) is 18.7. The van der Waals surface area contributed by atoms with Crippen molar-refractivity contribution in [3.05, 3.63) is 23.3 Å². The van der Waals surface area contributed by atoms with Gasteiger partial charge >= 0.3 is 29.8 Å². The lowest BCUT2D eigenvalue weighted by atomic mass is 9.84. The van der Waals surface area contributed by atoms with Crippen LogP contribution in [0.1, 0.15) is 101 Å². The van der Waals surface area contributed by atoms with Gasteiger partial charge in [-0.2, -0.15) is 0 Å². The summed E-state index contributed by atoms with van der Waals surface area (Å²) < 4.78 is 15.4. The van der Waals surface area contributed by atoms with Crippen LogP contribution in [0.3, 0.4) is 0 Å². The molecule has 1 rings (SSSR count). The molecule has 1 aliphatic heterocycles. The van der Waals surface area contributed by atoms with Gasteiger partial charge in [-0.15, -0.1) is 0 Å². The average molecular weight is 609 g/mol. The minimum atomic E-state index is -1.98. The Labute approximate surface area is 256 Å². The first kappa shape index (κ1) is 37.9. The fraction of sp³-hybridized carbons (Fsp3) is 0.727. The molecule has 8 unspecified atom stereocenters. The van der Waals surface area contributed by atoms with Crippen molar-refractivity contribution in [3.63, 3.8) is 0 Å². The van der Waals surface area contributed by atoms with Crippen molar-refractivity contribution >= 4 is 29.8 Å². The van der Waals surface area contributed by atoms with E-state index >= 15 is 0 Å². The minimum absolute atomic E-state index is 0.112. The highest BCUT2D eigenvalue weighted by molar-refractivity contribution is 5.95. The Morgan fingerprint density at radius 1 is 0.930 bits per heavy atom. The van der Waals surface area contributed by atoms with Gasteiger partial charge in [0.25, 0.3) is 0 Å². The number of ether oxygens (including phenoxy) is 3. The molecule has 0 spiro atoms. The second-order valence-corrected chi connectivity index (χ2v) is 13.5. The van der Waals surface area contributed by atoms with Gasteiger partial charge in [0, 0.05) is 5.57 Å². The predicted molar refractivity (Wildman–Crippen MR) is 161 cm³/mol. The highest BCUT2D eigenvalue weighted by Crippen LogP contribution is 2.29. The zero-order valence-corrected chi connectivity index (χ0v) is 27.5. The lowest BCUT2D eigenvalue weighted by molar-refractivity contribution is -0.166. The third-order valence-corrected chi connectivity index (χ3v) is 7.52. The summed E-state index contributed by atoms with van der Waals surface area (Å²) in [5.41, 5.74) is 0.242. The number of carboxylic acid groups (broad SMARTS) is 2. The molecule has 1 fully saturated rings. The van der Waals surface area contributed by atoms with Crippen molar-refractivity contribution in [2.24, 2.45) is 35.5 Å². The Hall–Kier alpha value is -3.17. The van der Waals surface area contributed by atoms with Gasteiger partial charge < -0.3 is 24.4 Å². The lowest BCUT2D eigenvalue weighted by Crippen LogP contribution is -2.40. The summed E-state index contributed by atoms with van der Waals surface area (Å²) in [6.45, 7) is 19.7. The van der Waals surface area contributed by atoms with Crippen molar-refractivity contribution in [1.82, 2.24) is 0 Å². The minimum Gasteiger partial charge on any atom is -0.481 e. The maximum Gasteiger partial charge on any atom is 0.349 e. The Kier molecular flexibility index (Phi) is 14.6. The molecule has 0 aromatic carbocycles. The molecule has 8 atom stereocenters. The Morgan fingerprint density at radius 2 is 1.49 bits per heavy atom. The van der Waals surface area contributed by atoms with E-state index in [4.69, 9.17) is 9.47 Å². The number of hydrogen-bond acceptors (Lipinski definition) is 8. The Morgan fingerprint density at radius 3 is 2.00 bits per heavy atom. The first-order chi connectivity index (χ1) is 19.7. The first-order valence-electron chi connectivity index (χ1n) is 15.2. The summed E-state index contributed by atoms with van der Waals surface area (Å²) in [5.74, 6) is -6.89. The fourth-order valence-electron chi connectivity index (χ4n) is 5.56.